The smallest absolute Gasteiger partial charge is 0.128 e. The van der Waals surface area contributed by atoms with Gasteiger partial charge < -0.3 is 4.57 Å². The van der Waals surface area contributed by atoms with Crippen molar-refractivity contribution in [2.45, 2.75) is 31.8 Å². The van der Waals surface area contributed by atoms with E-state index in [2.05, 4.69) is 21.6 Å². The molecule has 3 rings (SSSR count). The molecule has 6 heteroatoms. The summed E-state index contributed by atoms with van der Waals surface area (Å²) in [5, 5.41) is 4.77. The first-order chi connectivity index (χ1) is 10.1. The van der Waals surface area contributed by atoms with Gasteiger partial charge in [-0.1, -0.05) is 11.6 Å². The van der Waals surface area contributed by atoms with Gasteiger partial charge in [0.25, 0.3) is 0 Å². The first-order valence-electron chi connectivity index (χ1n) is 6.85. The SMILES string of the molecule is CC(Cl)c1nc2cc(Cl)ccc2n1C(C)Cn1cccn1. The molecule has 1 aromatic carbocycles. The van der Waals surface area contributed by atoms with Crippen LogP contribution in [0.1, 0.15) is 31.1 Å². The fourth-order valence-corrected chi connectivity index (χ4v) is 2.92. The van der Waals surface area contributed by atoms with E-state index < -0.39 is 0 Å². The van der Waals surface area contributed by atoms with Gasteiger partial charge in [-0.05, 0) is 38.1 Å². The fraction of sp³-hybridized carbons (Fsp3) is 0.333. The minimum Gasteiger partial charge on any atom is -0.322 e. The van der Waals surface area contributed by atoms with Gasteiger partial charge in [0.2, 0.25) is 0 Å². The van der Waals surface area contributed by atoms with Gasteiger partial charge in [-0.15, -0.1) is 11.6 Å². The predicted octanol–water partition coefficient (Wildman–Crippen LogP) is 4.45. The van der Waals surface area contributed by atoms with E-state index in [9.17, 15) is 0 Å². The predicted molar refractivity (Wildman–Crippen MR) is 85.9 cm³/mol. The molecule has 0 spiro atoms. The Balaban J connectivity index is 2.08. The van der Waals surface area contributed by atoms with Crippen molar-refractivity contribution in [2.24, 2.45) is 0 Å². The Bertz CT molecular complexity index is 746. The molecule has 3 aromatic rings. The molecule has 2 heterocycles. The van der Waals surface area contributed by atoms with Gasteiger partial charge >= 0.3 is 0 Å². The van der Waals surface area contributed by atoms with Crippen LogP contribution in [0.3, 0.4) is 0 Å². The Labute approximate surface area is 133 Å². The molecule has 0 amide bonds. The summed E-state index contributed by atoms with van der Waals surface area (Å²) in [6.07, 6.45) is 3.74. The second kappa shape index (κ2) is 5.70. The highest BCUT2D eigenvalue weighted by Crippen LogP contribution is 2.30. The number of fused-ring (bicyclic) bond motifs is 1. The number of hydrogen-bond acceptors (Lipinski definition) is 2. The minimum atomic E-state index is -0.170. The third-order valence-corrected chi connectivity index (χ3v) is 3.92. The standard InChI is InChI=1S/C15H16Cl2N4/c1-10(9-20-7-3-6-18-20)21-14-5-4-12(17)8-13(14)19-15(21)11(2)16/h3-8,10-11H,9H2,1-2H3. The topological polar surface area (TPSA) is 35.6 Å². The normalized spacial score (nSPS) is 14.5. The number of alkyl halides is 1. The van der Waals surface area contributed by atoms with Gasteiger partial charge in [0.1, 0.15) is 5.82 Å². The Morgan fingerprint density at radius 1 is 1.29 bits per heavy atom. The lowest BCUT2D eigenvalue weighted by Gasteiger charge is -2.18. The van der Waals surface area contributed by atoms with Crippen LogP contribution in [0.4, 0.5) is 0 Å². The molecule has 2 unspecified atom stereocenters. The maximum atomic E-state index is 6.31. The summed E-state index contributed by atoms with van der Waals surface area (Å²) in [7, 11) is 0. The second-order valence-corrected chi connectivity index (χ2v) is 6.26. The Kier molecular flexibility index (Phi) is 3.91. The molecule has 0 saturated heterocycles. The maximum absolute atomic E-state index is 6.31. The number of aromatic nitrogens is 4. The van der Waals surface area contributed by atoms with Crippen molar-refractivity contribution in [3.8, 4) is 0 Å². The van der Waals surface area contributed by atoms with Gasteiger partial charge in [0.05, 0.1) is 29.0 Å². The summed E-state index contributed by atoms with van der Waals surface area (Å²) < 4.78 is 4.08. The Hall–Kier alpha value is -1.52. The molecule has 0 N–H and O–H groups in total. The van der Waals surface area contributed by atoms with Crippen LogP contribution >= 0.6 is 23.2 Å². The number of rotatable bonds is 4. The number of hydrogen-bond donors (Lipinski definition) is 0. The average molecular weight is 323 g/mol. The van der Waals surface area contributed by atoms with E-state index in [1.807, 2.05) is 42.1 Å². The number of halogens is 2. The molecule has 0 radical (unpaired) electrons. The van der Waals surface area contributed by atoms with E-state index in [0.717, 1.165) is 23.4 Å². The van der Waals surface area contributed by atoms with E-state index in [1.54, 1.807) is 6.20 Å². The van der Waals surface area contributed by atoms with Gasteiger partial charge in [0.15, 0.2) is 0 Å². The lowest BCUT2D eigenvalue weighted by molar-refractivity contribution is 0.434. The van der Waals surface area contributed by atoms with E-state index in [0.29, 0.717) is 5.02 Å². The fourth-order valence-electron chi connectivity index (χ4n) is 2.60. The van der Waals surface area contributed by atoms with E-state index in [1.165, 1.54) is 0 Å². The van der Waals surface area contributed by atoms with Crippen molar-refractivity contribution in [1.29, 1.82) is 0 Å². The van der Waals surface area contributed by atoms with Crippen LogP contribution in [0.2, 0.25) is 5.02 Å². The molecular weight excluding hydrogens is 307 g/mol. The number of benzene rings is 1. The summed E-state index contributed by atoms with van der Waals surface area (Å²) in [6.45, 7) is 4.83. The molecular formula is C15H16Cl2N4. The van der Waals surface area contributed by atoms with Crippen molar-refractivity contribution in [2.75, 3.05) is 0 Å². The molecule has 2 atom stereocenters. The highest BCUT2D eigenvalue weighted by Gasteiger charge is 2.19. The van der Waals surface area contributed by atoms with Crippen LogP contribution in [0, 0.1) is 0 Å². The molecule has 0 fully saturated rings. The molecule has 110 valence electrons. The summed E-state index contributed by atoms with van der Waals surface area (Å²) in [6, 6.07) is 7.85. The van der Waals surface area contributed by atoms with Crippen molar-refractivity contribution in [1.82, 2.24) is 19.3 Å². The number of nitrogens with zero attached hydrogens (tertiary/aromatic N) is 4. The first kappa shape index (κ1) is 14.4. The van der Waals surface area contributed by atoms with Crippen molar-refractivity contribution in [3.63, 3.8) is 0 Å². The van der Waals surface area contributed by atoms with Gasteiger partial charge in [0, 0.05) is 17.4 Å². The molecule has 0 aliphatic heterocycles. The zero-order chi connectivity index (χ0) is 15.0. The molecule has 4 nitrogen and oxygen atoms in total. The van der Waals surface area contributed by atoms with E-state index in [-0.39, 0.29) is 11.4 Å². The average Bonchev–Trinajstić information content (AvgIpc) is 3.04. The largest absolute Gasteiger partial charge is 0.322 e. The van der Waals surface area contributed by atoms with Crippen LogP contribution in [0.25, 0.3) is 11.0 Å². The van der Waals surface area contributed by atoms with Gasteiger partial charge in [-0.25, -0.2) is 4.98 Å². The van der Waals surface area contributed by atoms with Gasteiger partial charge in [-0.3, -0.25) is 4.68 Å². The minimum absolute atomic E-state index is 0.170. The van der Waals surface area contributed by atoms with Gasteiger partial charge in [-0.2, -0.15) is 5.10 Å². The van der Waals surface area contributed by atoms with Crippen molar-refractivity contribution in [3.05, 3.63) is 47.5 Å². The third-order valence-electron chi connectivity index (χ3n) is 3.49. The van der Waals surface area contributed by atoms with Crippen LogP contribution in [-0.2, 0) is 6.54 Å². The lowest BCUT2D eigenvalue weighted by Crippen LogP contribution is -2.16. The van der Waals surface area contributed by atoms with Crippen LogP contribution in [-0.4, -0.2) is 19.3 Å². The number of imidazole rings is 1. The molecule has 21 heavy (non-hydrogen) atoms. The second-order valence-electron chi connectivity index (χ2n) is 5.17. The molecule has 2 aromatic heterocycles. The Morgan fingerprint density at radius 3 is 2.76 bits per heavy atom. The third kappa shape index (κ3) is 2.78. The quantitative estimate of drug-likeness (QED) is 0.665. The van der Waals surface area contributed by atoms with Crippen LogP contribution in [0.15, 0.2) is 36.7 Å². The molecule has 0 saturated carbocycles. The van der Waals surface area contributed by atoms with Crippen molar-refractivity contribution >= 4 is 34.2 Å². The van der Waals surface area contributed by atoms with E-state index in [4.69, 9.17) is 23.2 Å². The van der Waals surface area contributed by atoms with Crippen molar-refractivity contribution < 1.29 is 0 Å². The highest BCUT2D eigenvalue weighted by molar-refractivity contribution is 6.31. The zero-order valence-electron chi connectivity index (χ0n) is 11.9. The molecule has 0 aliphatic carbocycles. The highest BCUT2D eigenvalue weighted by atomic mass is 35.5. The van der Waals surface area contributed by atoms with Crippen LogP contribution < -0.4 is 0 Å². The monoisotopic (exact) mass is 322 g/mol. The van der Waals surface area contributed by atoms with Crippen LogP contribution in [0.5, 0.6) is 0 Å². The summed E-state index contributed by atoms with van der Waals surface area (Å²) in [5.74, 6) is 0.855. The zero-order valence-corrected chi connectivity index (χ0v) is 13.4. The maximum Gasteiger partial charge on any atom is 0.128 e. The van der Waals surface area contributed by atoms with E-state index >= 15 is 0 Å². The molecule has 0 aliphatic rings. The summed E-state index contributed by atoms with van der Waals surface area (Å²) in [4.78, 5) is 4.64. The molecule has 0 bridgehead atoms. The lowest BCUT2D eigenvalue weighted by atomic mass is 10.2. The Morgan fingerprint density at radius 2 is 2.10 bits per heavy atom. The summed E-state index contributed by atoms with van der Waals surface area (Å²) in [5.41, 5.74) is 1.92. The summed E-state index contributed by atoms with van der Waals surface area (Å²) >= 11 is 12.4. The first-order valence-corrected chi connectivity index (χ1v) is 7.66.